The van der Waals surface area contributed by atoms with Crippen LogP contribution in [-0.4, -0.2) is 42.9 Å². The fourth-order valence-corrected chi connectivity index (χ4v) is 2.19. The highest BCUT2D eigenvalue weighted by molar-refractivity contribution is 5.08. The molecule has 1 aromatic heterocycles. The summed E-state index contributed by atoms with van der Waals surface area (Å²) in [6, 6.07) is 4.13. The molecule has 0 bridgehead atoms. The lowest BCUT2D eigenvalue weighted by atomic mass is 10.1. The molecule has 0 saturated carbocycles. The highest BCUT2D eigenvalue weighted by Crippen LogP contribution is 2.15. The van der Waals surface area contributed by atoms with Crippen molar-refractivity contribution in [1.29, 1.82) is 0 Å². The Morgan fingerprint density at radius 3 is 2.94 bits per heavy atom. The average molecular weight is 235 g/mol. The number of hydrogen-bond donors (Lipinski definition) is 1. The smallest absolute Gasteiger partial charge is 0.0966 e. The van der Waals surface area contributed by atoms with Gasteiger partial charge in [-0.2, -0.15) is 0 Å². The maximum Gasteiger partial charge on any atom is 0.0966 e. The minimum atomic E-state index is 0.424. The summed E-state index contributed by atoms with van der Waals surface area (Å²) in [6.07, 6.45) is 6.45. The van der Waals surface area contributed by atoms with E-state index in [0.717, 1.165) is 32.5 Å². The summed E-state index contributed by atoms with van der Waals surface area (Å²) in [5.74, 6) is 0. The molecular formula is C13H21N3O. The molecule has 0 atom stereocenters. The van der Waals surface area contributed by atoms with Crippen LogP contribution in [0.15, 0.2) is 24.5 Å². The lowest BCUT2D eigenvalue weighted by molar-refractivity contribution is -0.000441. The molecule has 4 nitrogen and oxygen atoms in total. The van der Waals surface area contributed by atoms with Crippen molar-refractivity contribution in [3.63, 3.8) is 0 Å². The van der Waals surface area contributed by atoms with Crippen LogP contribution in [0, 0.1) is 0 Å². The third-order valence-corrected chi connectivity index (χ3v) is 3.13. The Kier molecular flexibility index (Phi) is 4.91. The van der Waals surface area contributed by atoms with Crippen LogP contribution in [0.1, 0.15) is 18.4 Å². The molecule has 94 valence electrons. The molecule has 17 heavy (non-hydrogen) atoms. The summed E-state index contributed by atoms with van der Waals surface area (Å²) in [5, 5.41) is 3.02. The Bertz CT molecular complexity index is 310. The molecule has 0 spiro atoms. The molecule has 0 aliphatic carbocycles. The number of piperidine rings is 1. The van der Waals surface area contributed by atoms with Crippen molar-refractivity contribution in [2.24, 2.45) is 0 Å². The van der Waals surface area contributed by atoms with Crippen molar-refractivity contribution >= 4 is 0 Å². The van der Waals surface area contributed by atoms with E-state index in [1.165, 1.54) is 5.56 Å². The highest BCUT2D eigenvalue weighted by atomic mass is 16.5. The largest absolute Gasteiger partial charge is 0.363 e. The molecule has 1 aromatic rings. The van der Waals surface area contributed by atoms with Gasteiger partial charge in [0.15, 0.2) is 0 Å². The van der Waals surface area contributed by atoms with E-state index in [2.05, 4.69) is 21.3 Å². The van der Waals surface area contributed by atoms with Gasteiger partial charge in [-0.25, -0.2) is 0 Å². The second-order valence-electron chi connectivity index (χ2n) is 4.50. The number of aromatic nitrogens is 1. The summed E-state index contributed by atoms with van der Waals surface area (Å²) in [4.78, 5) is 6.61. The van der Waals surface area contributed by atoms with E-state index in [0.29, 0.717) is 12.8 Å². The minimum Gasteiger partial charge on any atom is -0.363 e. The summed E-state index contributed by atoms with van der Waals surface area (Å²) < 4.78 is 5.68. The van der Waals surface area contributed by atoms with Gasteiger partial charge in [-0.1, -0.05) is 6.07 Å². The first kappa shape index (κ1) is 12.5. The van der Waals surface area contributed by atoms with Gasteiger partial charge in [0.25, 0.3) is 0 Å². The first-order valence-electron chi connectivity index (χ1n) is 6.26. The number of likely N-dealkylation sites (tertiary alicyclic amines) is 1. The van der Waals surface area contributed by atoms with E-state index in [1.807, 2.05) is 25.5 Å². The highest BCUT2D eigenvalue weighted by Gasteiger charge is 2.19. The van der Waals surface area contributed by atoms with Crippen molar-refractivity contribution in [2.75, 3.05) is 26.9 Å². The third kappa shape index (κ3) is 4.07. The summed E-state index contributed by atoms with van der Waals surface area (Å²) in [7, 11) is 1.91. The first-order chi connectivity index (χ1) is 8.38. The molecule has 2 heterocycles. The molecule has 1 aliphatic heterocycles. The SMILES string of the molecule is CNCOC1CCN(Cc2cccnc2)CC1. The van der Waals surface area contributed by atoms with Gasteiger partial charge in [-0.05, 0) is 31.5 Å². The Morgan fingerprint density at radius 2 is 2.29 bits per heavy atom. The van der Waals surface area contributed by atoms with Crippen LogP contribution in [0.4, 0.5) is 0 Å². The fraction of sp³-hybridized carbons (Fsp3) is 0.615. The number of hydrogen-bond acceptors (Lipinski definition) is 4. The van der Waals surface area contributed by atoms with Gasteiger partial charge in [-0.3, -0.25) is 15.2 Å². The van der Waals surface area contributed by atoms with Crippen LogP contribution in [0.5, 0.6) is 0 Å². The molecule has 0 amide bonds. The predicted octanol–water partition coefficient (Wildman–Crippen LogP) is 1.24. The molecule has 1 saturated heterocycles. The number of pyridine rings is 1. The van der Waals surface area contributed by atoms with Gasteiger partial charge >= 0.3 is 0 Å². The summed E-state index contributed by atoms with van der Waals surface area (Å²) in [6.45, 7) is 3.90. The molecule has 2 rings (SSSR count). The molecule has 0 aromatic carbocycles. The molecule has 1 fully saturated rings. The van der Waals surface area contributed by atoms with Gasteiger partial charge < -0.3 is 4.74 Å². The van der Waals surface area contributed by atoms with Crippen LogP contribution in [0.3, 0.4) is 0 Å². The Balaban J connectivity index is 1.72. The topological polar surface area (TPSA) is 37.4 Å². The van der Waals surface area contributed by atoms with Gasteiger partial charge in [0.05, 0.1) is 12.8 Å². The zero-order valence-corrected chi connectivity index (χ0v) is 10.4. The van der Waals surface area contributed by atoms with E-state index >= 15 is 0 Å². The van der Waals surface area contributed by atoms with E-state index in [1.54, 1.807) is 0 Å². The van der Waals surface area contributed by atoms with Gasteiger partial charge in [0.1, 0.15) is 0 Å². The Labute approximate surface area is 103 Å². The number of ether oxygens (including phenoxy) is 1. The van der Waals surface area contributed by atoms with E-state index in [9.17, 15) is 0 Å². The van der Waals surface area contributed by atoms with Crippen LogP contribution in [0.2, 0.25) is 0 Å². The summed E-state index contributed by atoms with van der Waals surface area (Å²) in [5.41, 5.74) is 1.29. The molecular weight excluding hydrogens is 214 g/mol. The van der Waals surface area contributed by atoms with Crippen LogP contribution >= 0.6 is 0 Å². The quantitative estimate of drug-likeness (QED) is 0.779. The average Bonchev–Trinajstić information content (AvgIpc) is 2.39. The normalized spacial score (nSPS) is 18.4. The maximum absolute atomic E-state index is 5.68. The van der Waals surface area contributed by atoms with Crippen molar-refractivity contribution < 1.29 is 4.74 Å². The predicted molar refractivity (Wildman–Crippen MR) is 67.5 cm³/mol. The minimum absolute atomic E-state index is 0.424. The van der Waals surface area contributed by atoms with Crippen LogP contribution < -0.4 is 5.32 Å². The zero-order chi connectivity index (χ0) is 11.9. The lowest BCUT2D eigenvalue weighted by Crippen LogP contribution is -2.37. The van der Waals surface area contributed by atoms with Crippen LogP contribution in [0.25, 0.3) is 0 Å². The molecule has 0 radical (unpaired) electrons. The molecule has 4 heteroatoms. The first-order valence-corrected chi connectivity index (χ1v) is 6.26. The fourth-order valence-electron chi connectivity index (χ4n) is 2.19. The van der Waals surface area contributed by atoms with Crippen molar-refractivity contribution in [2.45, 2.75) is 25.5 Å². The Morgan fingerprint density at radius 1 is 1.47 bits per heavy atom. The summed E-state index contributed by atoms with van der Waals surface area (Å²) >= 11 is 0. The monoisotopic (exact) mass is 235 g/mol. The lowest BCUT2D eigenvalue weighted by Gasteiger charge is -2.31. The van der Waals surface area contributed by atoms with Gasteiger partial charge in [0.2, 0.25) is 0 Å². The van der Waals surface area contributed by atoms with Gasteiger partial charge in [0, 0.05) is 32.0 Å². The number of rotatable bonds is 5. The third-order valence-electron chi connectivity index (χ3n) is 3.13. The van der Waals surface area contributed by atoms with Crippen LogP contribution in [-0.2, 0) is 11.3 Å². The van der Waals surface area contributed by atoms with Crippen molar-refractivity contribution in [3.05, 3.63) is 30.1 Å². The second-order valence-corrected chi connectivity index (χ2v) is 4.50. The zero-order valence-electron chi connectivity index (χ0n) is 10.4. The number of nitrogens with zero attached hydrogens (tertiary/aromatic N) is 2. The van der Waals surface area contributed by atoms with Gasteiger partial charge in [-0.15, -0.1) is 0 Å². The van der Waals surface area contributed by atoms with E-state index in [-0.39, 0.29) is 0 Å². The maximum atomic E-state index is 5.68. The van der Waals surface area contributed by atoms with Crippen molar-refractivity contribution in [1.82, 2.24) is 15.2 Å². The molecule has 0 unspecified atom stereocenters. The van der Waals surface area contributed by atoms with E-state index in [4.69, 9.17) is 4.74 Å². The van der Waals surface area contributed by atoms with Crippen molar-refractivity contribution in [3.8, 4) is 0 Å². The second kappa shape index (κ2) is 6.69. The Hall–Kier alpha value is -0.970. The standard InChI is InChI=1S/C13H21N3O/c1-14-11-17-13-4-7-16(8-5-13)10-12-3-2-6-15-9-12/h2-3,6,9,13-14H,4-5,7-8,10-11H2,1H3. The molecule has 1 aliphatic rings. The van der Waals surface area contributed by atoms with E-state index < -0.39 is 0 Å². The number of nitrogens with one attached hydrogen (secondary N) is 1. The molecule has 1 N–H and O–H groups in total.